The van der Waals surface area contributed by atoms with Crippen LogP contribution in [0.4, 0.5) is 0 Å². The van der Waals surface area contributed by atoms with Crippen molar-refractivity contribution in [1.29, 1.82) is 0 Å². The normalized spacial score (nSPS) is 11.8. The minimum atomic E-state index is -0.408. The van der Waals surface area contributed by atoms with Gasteiger partial charge in [-0.25, -0.2) is 0 Å². The number of ketones is 1. The Bertz CT molecular complexity index is 379. The van der Waals surface area contributed by atoms with Gasteiger partial charge in [-0.3, -0.25) is 14.6 Å². The van der Waals surface area contributed by atoms with Gasteiger partial charge in [-0.15, -0.1) is 0 Å². The van der Waals surface area contributed by atoms with Crippen LogP contribution in [-0.4, -0.2) is 30.2 Å². The topological polar surface area (TPSA) is 111 Å². The number of hydrogen-bond acceptors (Lipinski definition) is 3. The van der Waals surface area contributed by atoms with Crippen LogP contribution >= 0.6 is 0 Å². The van der Waals surface area contributed by atoms with Gasteiger partial charge in [0.15, 0.2) is 11.7 Å². The number of hydrogen-bond donors (Lipinski definition) is 3. The predicted molar refractivity (Wildman–Crippen MR) is 99.7 cm³/mol. The number of Topliss-reactive ketones (excluding diaryl/α,β-unsaturated/α-hetero) is 1. The van der Waals surface area contributed by atoms with E-state index in [-0.39, 0.29) is 17.6 Å². The highest BCUT2D eigenvalue weighted by molar-refractivity contribution is 5.89. The van der Waals surface area contributed by atoms with Gasteiger partial charge in [0.1, 0.15) is 0 Å². The van der Waals surface area contributed by atoms with Crippen LogP contribution in [0.25, 0.3) is 0 Å². The average molecular weight is 341 g/mol. The Kier molecular flexibility index (Phi) is 14.0. The fraction of sp³-hybridized carbons (Fsp3) is 0.833. The molecular weight excluding hydrogens is 304 g/mol. The first-order chi connectivity index (χ1) is 11.5. The molecule has 0 aromatic heterocycles. The molecule has 1 amide bonds. The SMILES string of the molecule is CCCCCCCC(=O)C(CCCN=C(N)N)NC(=O)CCCC. The molecule has 0 aliphatic rings. The number of amides is 1. The van der Waals surface area contributed by atoms with Crippen LogP contribution < -0.4 is 16.8 Å². The fourth-order valence-electron chi connectivity index (χ4n) is 2.50. The Morgan fingerprint density at radius 2 is 1.58 bits per heavy atom. The molecule has 0 rings (SSSR count). The Hall–Kier alpha value is -1.59. The van der Waals surface area contributed by atoms with Crippen molar-refractivity contribution in [3.8, 4) is 0 Å². The molecule has 0 aromatic rings. The minimum Gasteiger partial charge on any atom is -0.370 e. The lowest BCUT2D eigenvalue weighted by Crippen LogP contribution is -2.40. The van der Waals surface area contributed by atoms with Crippen LogP contribution in [0.5, 0.6) is 0 Å². The maximum atomic E-state index is 12.4. The molecule has 6 nitrogen and oxygen atoms in total. The van der Waals surface area contributed by atoms with Gasteiger partial charge >= 0.3 is 0 Å². The van der Waals surface area contributed by atoms with Crippen molar-refractivity contribution in [3.63, 3.8) is 0 Å². The first-order valence-electron chi connectivity index (χ1n) is 9.38. The van der Waals surface area contributed by atoms with Gasteiger partial charge in [0, 0.05) is 19.4 Å². The number of carbonyl (C=O) groups excluding carboxylic acids is 2. The highest BCUT2D eigenvalue weighted by Crippen LogP contribution is 2.10. The zero-order valence-corrected chi connectivity index (χ0v) is 15.5. The van der Waals surface area contributed by atoms with Crippen LogP contribution in [-0.2, 0) is 9.59 Å². The summed E-state index contributed by atoms with van der Waals surface area (Å²) in [6.45, 7) is 4.69. The molecule has 0 aliphatic carbocycles. The van der Waals surface area contributed by atoms with Gasteiger partial charge in [-0.05, 0) is 25.7 Å². The summed E-state index contributed by atoms with van der Waals surface area (Å²) in [6, 6.07) is -0.408. The summed E-state index contributed by atoms with van der Waals surface area (Å²) in [5.74, 6) is 0.143. The molecule has 140 valence electrons. The molecule has 24 heavy (non-hydrogen) atoms. The number of nitrogens with zero attached hydrogens (tertiary/aromatic N) is 1. The molecule has 0 radical (unpaired) electrons. The van der Waals surface area contributed by atoms with Gasteiger partial charge in [0.05, 0.1) is 6.04 Å². The van der Waals surface area contributed by atoms with Crippen LogP contribution in [0.15, 0.2) is 4.99 Å². The van der Waals surface area contributed by atoms with Crippen molar-refractivity contribution < 1.29 is 9.59 Å². The monoisotopic (exact) mass is 340 g/mol. The first-order valence-corrected chi connectivity index (χ1v) is 9.38. The molecule has 1 atom stereocenters. The summed E-state index contributed by atoms with van der Waals surface area (Å²) in [4.78, 5) is 28.3. The Labute approximate surface area is 146 Å². The molecule has 0 bridgehead atoms. The molecule has 0 saturated carbocycles. The van der Waals surface area contributed by atoms with E-state index in [1.807, 2.05) is 6.92 Å². The summed E-state index contributed by atoms with van der Waals surface area (Å²) < 4.78 is 0. The molecular formula is C18H36N4O2. The largest absolute Gasteiger partial charge is 0.370 e. The van der Waals surface area contributed by atoms with Gasteiger partial charge in [0.25, 0.3) is 0 Å². The number of unbranched alkanes of at least 4 members (excludes halogenated alkanes) is 5. The molecule has 5 N–H and O–H groups in total. The van der Waals surface area contributed by atoms with Crippen molar-refractivity contribution in [2.45, 2.75) is 90.5 Å². The Morgan fingerprint density at radius 1 is 0.917 bits per heavy atom. The standard InChI is InChI=1S/C18H36N4O2/c1-3-5-7-8-9-12-16(23)15(11-10-14-21-18(19)20)22-17(24)13-6-4-2/h15H,3-14H2,1-2H3,(H,22,24)(H4,19,20,21). The second-order valence-electron chi connectivity index (χ2n) is 6.30. The van der Waals surface area contributed by atoms with E-state index in [1.165, 1.54) is 19.3 Å². The minimum absolute atomic E-state index is 0.0389. The van der Waals surface area contributed by atoms with E-state index >= 15 is 0 Å². The van der Waals surface area contributed by atoms with Gasteiger partial charge in [-0.1, -0.05) is 46.0 Å². The summed E-state index contributed by atoms with van der Waals surface area (Å²) in [5, 5.41) is 2.89. The lowest BCUT2D eigenvalue weighted by molar-refractivity contribution is -0.128. The van der Waals surface area contributed by atoms with Crippen molar-refractivity contribution in [2.75, 3.05) is 6.54 Å². The lowest BCUT2D eigenvalue weighted by atomic mass is 10.0. The quantitative estimate of drug-likeness (QED) is 0.242. The Morgan fingerprint density at radius 3 is 2.21 bits per heavy atom. The van der Waals surface area contributed by atoms with E-state index in [9.17, 15) is 9.59 Å². The second-order valence-corrected chi connectivity index (χ2v) is 6.30. The van der Waals surface area contributed by atoms with Gasteiger partial charge in [-0.2, -0.15) is 0 Å². The van der Waals surface area contributed by atoms with Gasteiger partial charge < -0.3 is 16.8 Å². The average Bonchev–Trinajstić information content (AvgIpc) is 2.55. The molecule has 0 saturated heterocycles. The van der Waals surface area contributed by atoms with Crippen molar-refractivity contribution in [1.82, 2.24) is 5.32 Å². The third-order valence-corrected chi connectivity index (χ3v) is 3.95. The number of nitrogens with two attached hydrogens (primary N) is 2. The zero-order valence-electron chi connectivity index (χ0n) is 15.5. The number of nitrogens with one attached hydrogen (secondary N) is 1. The molecule has 0 fully saturated rings. The van der Waals surface area contributed by atoms with Crippen LogP contribution in [0.1, 0.15) is 84.5 Å². The maximum Gasteiger partial charge on any atom is 0.220 e. The van der Waals surface area contributed by atoms with E-state index < -0.39 is 6.04 Å². The predicted octanol–water partition coefficient (Wildman–Crippen LogP) is 2.64. The molecule has 1 unspecified atom stereocenters. The van der Waals surface area contributed by atoms with E-state index in [0.29, 0.717) is 32.2 Å². The number of guanidine groups is 1. The van der Waals surface area contributed by atoms with Crippen LogP contribution in [0.3, 0.4) is 0 Å². The highest BCUT2D eigenvalue weighted by Gasteiger charge is 2.19. The summed E-state index contributed by atoms with van der Waals surface area (Å²) >= 11 is 0. The lowest BCUT2D eigenvalue weighted by Gasteiger charge is -2.17. The molecule has 0 aliphatic heterocycles. The van der Waals surface area contributed by atoms with Gasteiger partial charge in [0.2, 0.25) is 5.91 Å². The van der Waals surface area contributed by atoms with E-state index in [4.69, 9.17) is 11.5 Å². The summed E-state index contributed by atoms with van der Waals surface area (Å²) in [7, 11) is 0. The third-order valence-electron chi connectivity index (χ3n) is 3.95. The van der Waals surface area contributed by atoms with Crippen molar-refractivity contribution in [3.05, 3.63) is 0 Å². The van der Waals surface area contributed by atoms with E-state index in [1.54, 1.807) is 0 Å². The number of carbonyl (C=O) groups is 2. The molecule has 6 heteroatoms. The highest BCUT2D eigenvalue weighted by atomic mass is 16.2. The second kappa shape index (κ2) is 15.0. The van der Waals surface area contributed by atoms with Crippen molar-refractivity contribution in [2.24, 2.45) is 16.5 Å². The zero-order chi connectivity index (χ0) is 18.2. The maximum absolute atomic E-state index is 12.4. The molecule has 0 aromatic carbocycles. The summed E-state index contributed by atoms with van der Waals surface area (Å²) in [5.41, 5.74) is 10.6. The number of aliphatic imine (C=N–C) groups is 1. The smallest absolute Gasteiger partial charge is 0.220 e. The van der Waals surface area contributed by atoms with E-state index in [0.717, 1.165) is 25.7 Å². The van der Waals surface area contributed by atoms with E-state index in [2.05, 4.69) is 17.2 Å². The fourth-order valence-corrected chi connectivity index (χ4v) is 2.50. The molecule has 0 spiro atoms. The van der Waals surface area contributed by atoms with Crippen LogP contribution in [0.2, 0.25) is 0 Å². The third kappa shape index (κ3) is 12.9. The molecule has 0 heterocycles. The first kappa shape index (κ1) is 22.4. The Balaban J connectivity index is 4.34. The number of rotatable bonds is 15. The summed E-state index contributed by atoms with van der Waals surface area (Å²) in [6.07, 6.45) is 9.63. The van der Waals surface area contributed by atoms with Crippen LogP contribution in [0, 0.1) is 0 Å². The van der Waals surface area contributed by atoms with Crippen molar-refractivity contribution >= 4 is 17.6 Å².